The van der Waals surface area contributed by atoms with Gasteiger partial charge >= 0.3 is 0 Å². The van der Waals surface area contributed by atoms with E-state index >= 15 is 0 Å². The van der Waals surface area contributed by atoms with E-state index in [1.807, 2.05) is 0 Å². The van der Waals surface area contributed by atoms with Gasteiger partial charge in [-0.2, -0.15) is 0 Å². The molecule has 4 nitrogen and oxygen atoms in total. The number of carbonyl (C=O) groups excluding carboxylic acids is 1. The number of halogens is 2. The monoisotopic (exact) mass is 231 g/mol. The molecular formula is C10H11F2NO3. The first kappa shape index (κ1) is 12.5. The minimum absolute atomic E-state index is 0.340. The lowest BCUT2D eigenvalue weighted by atomic mass is 10.2. The molecule has 0 aromatic heterocycles. The zero-order valence-electron chi connectivity index (χ0n) is 8.28. The molecule has 0 atom stereocenters. The van der Waals surface area contributed by atoms with Crippen molar-refractivity contribution in [1.82, 2.24) is 5.32 Å². The van der Waals surface area contributed by atoms with Crippen molar-refractivity contribution in [2.24, 2.45) is 0 Å². The molecule has 0 saturated carbocycles. The molecule has 0 spiro atoms. The van der Waals surface area contributed by atoms with Crippen LogP contribution in [-0.2, 0) is 0 Å². The van der Waals surface area contributed by atoms with Crippen LogP contribution in [0.15, 0.2) is 18.2 Å². The van der Waals surface area contributed by atoms with Gasteiger partial charge in [0.15, 0.2) is 0 Å². The summed E-state index contributed by atoms with van der Waals surface area (Å²) >= 11 is 0. The standard InChI is InChI=1S/C10H11F2NO3/c11-6-1-2-8(9(12)3-6)10(16)13-7(4-14)5-15/h1-3,7,14-15H,4-5H2,(H,13,16). The van der Waals surface area contributed by atoms with Gasteiger partial charge in [0.05, 0.1) is 24.8 Å². The zero-order valence-corrected chi connectivity index (χ0v) is 8.28. The molecule has 0 radical (unpaired) electrons. The van der Waals surface area contributed by atoms with Crippen LogP contribution in [0.25, 0.3) is 0 Å². The summed E-state index contributed by atoms with van der Waals surface area (Å²) in [5.74, 6) is -2.59. The molecule has 0 saturated heterocycles. The number of hydrogen-bond acceptors (Lipinski definition) is 3. The Morgan fingerprint density at radius 1 is 1.31 bits per heavy atom. The third kappa shape index (κ3) is 2.98. The molecule has 16 heavy (non-hydrogen) atoms. The van der Waals surface area contributed by atoms with Crippen molar-refractivity contribution in [1.29, 1.82) is 0 Å². The molecule has 0 unspecified atom stereocenters. The fourth-order valence-electron chi connectivity index (χ4n) is 1.09. The Balaban J connectivity index is 2.80. The second-order valence-electron chi connectivity index (χ2n) is 3.16. The number of rotatable bonds is 4. The van der Waals surface area contributed by atoms with Crippen LogP contribution in [0.5, 0.6) is 0 Å². The van der Waals surface area contributed by atoms with Crippen LogP contribution in [0.3, 0.4) is 0 Å². The van der Waals surface area contributed by atoms with Crippen molar-refractivity contribution in [3.63, 3.8) is 0 Å². The predicted octanol–water partition coefficient (Wildman–Crippen LogP) is 0.0478. The van der Waals surface area contributed by atoms with E-state index in [2.05, 4.69) is 5.32 Å². The number of hydrogen-bond donors (Lipinski definition) is 3. The number of aliphatic hydroxyl groups is 2. The Kier molecular flexibility index (Phi) is 4.33. The molecule has 0 heterocycles. The average Bonchev–Trinajstić information content (AvgIpc) is 2.25. The maximum atomic E-state index is 13.1. The van der Waals surface area contributed by atoms with Gasteiger partial charge < -0.3 is 15.5 Å². The Morgan fingerprint density at radius 2 is 1.94 bits per heavy atom. The van der Waals surface area contributed by atoms with Gasteiger partial charge in [-0.25, -0.2) is 8.78 Å². The molecule has 88 valence electrons. The highest BCUT2D eigenvalue weighted by Crippen LogP contribution is 2.09. The predicted molar refractivity (Wildman–Crippen MR) is 51.8 cm³/mol. The minimum Gasteiger partial charge on any atom is -0.394 e. The minimum atomic E-state index is -0.993. The van der Waals surface area contributed by atoms with E-state index in [0.29, 0.717) is 6.07 Å². The summed E-state index contributed by atoms with van der Waals surface area (Å²) in [7, 11) is 0. The van der Waals surface area contributed by atoms with Crippen LogP contribution >= 0.6 is 0 Å². The number of benzene rings is 1. The maximum Gasteiger partial charge on any atom is 0.254 e. The van der Waals surface area contributed by atoms with Crippen LogP contribution in [-0.4, -0.2) is 35.4 Å². The molecule has 0 bridgehead atoms. The molecule has 0 aliphatic heterocycles. The van der Waals surface area contributed by atoms with Gasteiger partial charge in [0, 0.05) is 6.07 Å². The largest absolute Gasteiger partial charge is 0.394 e. The van der Waals surface area contributed by atoms with E-state index < -0.39 is 36.8 Å². The van der Waals surface area contributed by atoms with Crippen LogP contribution in [0.4, 0.5) is 8.78 Å². The van der Waals surface area contributed by atoms with E-state index in [-0.39, 0.29) is 5.56 Å². The highest BCUT2D eigenvalue weighted by Gasteiger charge is 2.15. The zero-order chi connectivity index (χ0) is 12.1. The van der Waals surface area contributed by atoms with Crippen molar-refractivity contribution >= 4 is 5.91 Å². The normalized spacial score (nSPS) is 10.6. The Bertz CT molecular complexity index is 380. The Labute approximate surface area is 90.5 Å². The molecule has 0 fully saturated rings. The molecule has 1 aromatic carbocycles. The Hall–Kier alpha value is -1.53. The summed E-state index contributed by atoms with van der Waals surface area (Å²) in [4.78, 5) is 11.4. The molecule has 1 rings (SSSR count). The highest BCUT2D eigenvalue weighted by molar-refractivity contribution is 5.94. The molecule has 1 aromatic rings. The molecular weight excluding hydrogens is 220 g/mol. The topological polar surface area (TPSA) is 69.6 Å². The second kappa shape index (κ2) is 5.53. The SMILES string of the molecule is O=C(NC(CO)CO)c1ccc(F)cc1F. The fourth-order valence-corrected chi connectivity index (χ4v) is 1.09. The van der Waals surface area contributed by atoms with Crippen LogP contribution in [0.1, 0.15) is 10.4 Å². The summed E-state index contributed by atoms with van der Waals surface area (Å²) in [5.41, 5.74) is -0.340. The van der Waals surface area contributed by atoms with Gasteiger partial charge in [0.25, 0.3) is 5.91 Å². The van der Waals surface area contributed by atoms with Crippen molar-refractivity contribution in [3.05, 3.63) is 35.4 Å². The van der Waals surface area contributed by atoms with E-state index in [0.717, 1.165) is 12.1 Å². The maximum absolute atomic E-state index is 13.1. The van der Waals surface area contributed by atoms with Crippen molar-refractivity contribution < 1.29 is 23.8 Å². The summed E-state index contributed by atoms with van der Waals surface area (Å²) in [6.45, 7) is -0.934. The van der Waals surface area contributed by atoms with Gasteiger partial charge in [-0.1, -0.05) is 0 Å². The lowest BCUT2D eigenvalue weighted by molar-refractivity contribution is 0.0875. The van der Waals surface area contributed by atoms with Crippen molar-refractivity contribution in [3.8, 4) is 0 Å². The number of carbonyl (C=O) groups is 1. The van der Waals surface area contributed by atoms with E-state index in [1.54, 1.807) is 0 Å². The van der Waals surface area contributed by atoms with E-state index in [1.165, 1.54) is 0 Å². The molecule has 0 aliphatic carbocycles. The third-order valence-corrected chi connectivity index (χ3v) is 1.95. The first-order valence-corrected chi connectivity index (χ1v) is 4.56. The summed E-state index contributed by atoms with van der Waals surface area (Å²) < 4.78 is 25.7. The molecule has 3 N–H and O–H groups in total. The summed E-state index contributed by atoms with van der Waals surface area (Å²) in [6.07, 6.45) is 0. The number of aliphatic hydroxyl groups excluding tert-OH is 2. The van der Waals surface area contributed by atoms with Gasteiger partial charge in [-0.3, -0.25) is 4.79 Å². The summed E-state index contributed by atoms with van der Waals surface area (Å²) in [6, 6.07) is 1.66. The van der Waals surface area contributed by atoms with E-state index in [9.17, 15) is 13.6 Å². The highest BCUT2D eigenvalue weighted by atomic mass is 19.1. The number of nitrogens with one attached hydrogen (secondary N) is 1. The first-order chi connectivity index (χ1) is 7.58. The Morgan fingerprint density at radius 3 is 2.44 bits per heavy atom. The van der Waals surface area contributed by atoms with E-state index in [4.69, 9.17) is 10.2 Å². The van der Waals surface area contributed by atoms with Crippen molar-refractivity contribution in [2.75, 3.05) is 13.2 Å². The molecule has 0 aliphatic rings. The van der Waals surface area contributed by atoms with Crippen molar-refractivity contribution in [2.45, 2.75) is 6.04 Å². The fraction of sp³-hybridized carbons (Fsp3) is 0.300. The van der Waals surface area contributed by atoms with Gasteiger partial charge in [0.2, 0.25) is 0 Å². The first-order valence-electron chi connectivity index (χ1n) is 4.56. The van der Waals surface area contributed by atoms with Gasteiger partial charge in [0.1, 0.15) is 11.6 Å². The van der Waals surface area contributed by atoms with Crippen LogP contribution in [0, 0.1) is 11.6 Å². The molecule has 1 amide bonds. The van der Waals surface area contributed by atoms with Gasteiger partial charge in [-0.15, -0.1) is 0 Å². The van der Waals surface area contributed by atoms with Gasteiger partial charge in [-0.05, 0) is 12.1 Å². The third-order valence-electron chi connectivity index (χ3n) is 1.95. The van der Waals surface area contributed by atoms with Crippen LogP contribution in [0.2, 0.25) is 0 Å². The quantitative estimate of drug-likeness (QED) is 0.685. The smallest absolute Gasteiger partial charge is 0.254 e. The number of amides is 1. The lowest BCUT2D eigenvalue weighted by Crippen LogP contribution is -2.40. The second-order valence-corrected chi connectivity index (χ2v) is 3.16. The van der Waals surface area contributed by atoms with Crippen LogP contribution < -0.4 is 5.32 Å². The summed E-state index contributed by atoms with van der Waals surface area (Å²) in [5, 5.41) is 19.6. The average molecular weight is 231 g/mol. The lowest BCUT2D eigenvalue weighted by Gasteiger charge is -2.13. The molecule has 6 heteroatoms.